The summed E-state index contributed by atoms with van der Waals surface area (Å²) in [6, 6.07) is 0. The van der Waals surface area contributed by atoms with Gasteiger partial charge in [0, 0.05) is 6.61 Å². The number of hydrogen-bond donors (Lipinski definition) is 1. The van der Waals surface area contributed by atoms with Crippen LogP contribution in [0.4, 0.5) is 0 Å². The molecule has 0 radical (unpaired) electrons. The molecular weight excluding hydrogens is 331 g/mol. The van der Waals surface area contributed by atoms with E-state index >= 15 is 0 Å². The Morgan fingerprint density at radius 2 is 0.538 bits per heavy atom. The molecular formula is C24H50AlO+3. The molecule has 0 rings (SSSR count). The van der Waals surface area contributed by atoms with E-state index in [-0.39, 0.29) is 17.4 Å². The molecule has 0 unspecified atom stereocenters. The topological polar surface area (TPSA) is 20.2 Å². The summed E-state index contributed by atoms with van der Waals surface area (Å²) >= 11 is 0. The molecule has 0 heterocycles. The quantitative estimate of drug-likeness (QED) is 0.148. The third-order valence-electron chi connectivity index (χ3n) is 5.51. The molecule has 26 heavy (non-hydrogen) atoms. The van der Waals surface area contributed by atoms with Crippen molar-refractivity contribution in [2.45, 2.75) is 148 Å². The minimum absolute atomic E-state index is 0. The number of rotatable bonds is 22. The molecule has 152 valence electrons. The molecule has 0 aliphatic carbocycles. The summed E-state index contributed by atoms with van der Waals surface area (Å²) in [6.45, 7) is 2.67. The van der Waals surface area contributed by atoms with E-state index in [9.17, 15) is 0 Å². The third kappa shape index (κ3) is 26.7. The van der Waals surface area contributed by atoms with Crippen LogP contribution in [0.1, 0.15) is 148 Å². The summed E-state index contributed by atoms with van der Waals surface area (Å²) < 4.78 is 0. The zero-order valence-electron chi connectivity index (χ0n) is 18.3. The van der Waals surface area contributed by atoms with Gasteiger partial charge in [-0.3, -0.25) is 0 Å². The van der Waals surface area contributed by atoms with Crippen molar-refractivity contribution in [3.63, 3.8) is 0 Å². The average molecular weight is 382 g/mol. The maximum atomic E-state index is 8.72. The fourth-order valence-corrected chi connectivity index (χ4v) is 3.72. The van der Waals surface area contributed by atoms with Gasteiger partial charge in [0.15, 0.2) is 0 Å². The molecule has 0 spiro atoms. The van der Waals surface area contributed by atoms with Crippen LogP contribution in [0, 0.1) is 0 Å². The predicted molar refractivity (Wildman–Crippen MR) is 120 cm³/mol. The summed E-state index contributed by atoms with van der Waals surface area (Å²) in [5.74, 6) is 0. The zero-order valence-corrected chi connectivity index (χ0v) is 19.4. The van der Waals surface area contributed by atoms with Gasteiger partial charge in [0.05, 0.1) is 0 Å². The Labute approximate surface area is 177 Å². The molecule has 2 heteroatoms. The number of aliphatic hydroxyl groups excluding tert-OH is 1. The number of aliphatic hydroxyl groups is 1. The van der Waals surface area contributed by atoms with Crippen LogP contribution in [0.15, 0.2) is 0 Å². The van der Waals surface area contributed by atoms with Crippen LogP contribution in [0.5, 0.6) is 0 Å². The molecule has 0 saturated carbocycles. The monoisotopic (exact) mass is 381 g/mol. The first-order valence-electron chi connectivity index (χ1n) is 12.0. The first kappa shape index (κ1) is 28.7. The first-order valence-corrected chi connectivity index (χ1v) is 12.0. The summed E-state index contributed by atoms with van der Waals surface area (Å²) in [5.41, 5.74) is 0. The summed E-state index contributed by atoms with van der Waals surface area (Å²) in [7, 11) is 0. The van der Waals surface area contributed by atoms with Gasteiger partial charge in [-0.05, 0) is 6.42 Å². The maximum absolute atomic E-state index is 8.72. The minimum atomic E-state index is 0. The molecule has 0 amide bonds. The van der Waals surface area contributed by atoms with Crippen LogP contribution in [0.2, 0.25) is 0 Å². The van der Waals surface area contributed by atoms with Crippen molar-refractivity contribution in [1.82, 2.24) is 0 Å². The predicted octanol–water partition coefficient (Wildman–Crippen LogP) is 8.20. The van der Waals surface area contributed by atoms with Gasteiger partial charge < -0.3 is 5.11 Å². The van der Waals surface area contributed by atoms with Gasteiger partial charge >= 0.3 is 17.4 Å². The molecule has 0 saturated heterocycles. The molecule has 0 atom stereocenters. The number of unbranched alkanes of at least 4 members (excludes halogenated alkanes) is 21. The molecule has 1 N–H and O–H groups in total. The largest absolute Gasteiger partial charge is 3.00 e. The molecule has 0 aromatic carbocycles. The SMILES string of the molecule is CCCCCCCCCCCCCCCCCCCCCCCCO.[Al+3]. The van der Waals surface area contributed by atoms with Gasteiger partial charge in [-0.1, -0.05) is 142 Å². The molecule has 0 aromatic heterocycles. The summed E-state index contributed by atoms with van der Waals surface area (Å²) in [4.78, 5) is 0. The Balaban J connectivity index is 0. The van der Waals surface area contributed by atoms with Crippen molar-refractivity contribution in [3.8, 4) is 0 Å². The van der Waals surface area contributed by atoms with E-state index < -0.39 is 0 Å². The molecule has 0 aromatic rings. The Morgan fingerprint density at radius 3 is 0.731 bits per heavy atom. The van der Waals surface area contributed by atoms with Crippen molar-refractivity contribution < 1.29 is 5.11 Å². The Hall–Kier alpha value is 0.492. The second-order valence-electron chi connectivity index (χ2n) is 8.15. The molecule has 1 nitrogen and oxygen atoms in total. The standard InChI is InChI=1S/C24H50O.Al/c1-2-3-4-5-6-7-8-9-10-11-12-13-14-15-16-17-18-19-20-21-22-23-24-25;/h25H,2-24H2,1H3;/q;+3. The fourth-order valence-electron chi connectivity index (χ4n) is 3.72. The van der Waals surface area contributed by atoms with E-state index in [2.05, 4.69) is 6.92 Å². The van der Waals surface area contributed by atoms with Gasteiger partial charge in [0.2, 0.25) is 0 Å². The molecule has 0 aliphatic heterocycles. The van der Waals surface area contributed by atoms with Gasteiger partial charge in [0.25, 0.3) is 0 Å². The third-order valence-corrected chi connectivity index (χ3v) is 5.51. The smallest absolute Gasteiger partial charge is 0.396 e. The minimum Gasteiger partial charge on any atom is -0.396 e. The van der Waals surface area contributed by atoms with E-state index in [4.69, 9.17) is 5.11 Å². The van der Waals surface area contributed by atoms with Gasteiger partial charge in [-0.15, -0.1) is 0 Å². The Kier molecular flexibility index (Phi) is 30.6. The maximum Gasteiger partial charge on any atom is 3.00 e. The first-order chi connectivity index (χ1) is 12.4. The second kappa shape index (κ2) is 27.7. The van der Waals surface area contributed by atoms with Crippen LogP contribution in [-0.2, 0) is 0 Å². The zero-order chi connectivity index (χ0) is 18.3. The Bertz CT molecular complexity index is 198. The van der Waals surface area contributed by atoms with Crippen molar-refractivity contribution in [2.24, 2.45) is 0 Å². The molecule has 0 fully saturated rings. The van der Waals surface area contributed by atoms with Gasteiger partial charge in [-0.2, -0.15) is 0 Å². The molecule has 0 bridgehead atoms. The van der Waals surface area contributed by atoms with Crippen molar-refractivity contribution in [3.05, 3.63) is 0 Å². The van der Waals surface area contributed by atoms with Crippen LogP contribution >= 0.6 is 0 Å². The van der Waals surface area contributed by atoms with E-state index in [0.29, 0.717) is 6.61 Å². The van der Waals surface area contributed by atoms with E-state index in [1.807, 2.05) is 0 Å². The second-order valence-corrected chi connectivity index (χ2v) is 8.15. The van der Waals surface area contributed by atoms with E-state index in [1.54, 1.807) is 0 Å². The van der Waals surface area contributed by atoms with Crippen LogP contribution < -0.4 is 0 Å². The van der Waals surface area contributed by atoms with Crippen LogP contribution in [0.3, 0.4) is 0 Å². The number of hydrogen-bond acceptors (Lipinski definition) is 1. The fraction of sp³-hybridized carbons (Fsp3) is 1.00. The summed E-state index contributed by atoms with van der Waals surface area (Å²) in [6.07, 6.45) is 31.1. The molecule has 0 aliphatic rings. The van der Waals surface area contributed by atoms with Crippen LogP contribution in [0.25, 0.3) is 0 Å². The Morgan fingerprint density at radius 1 is 0.346 bits per heavy atom. The van der Waals surface area contributed by atoms with Crippen molar-refractivity contribution in [1.29, 1.82) is 0 Å². The summed E-state index contributed by atoms with van der Waals surface area (Å²) in [5, 5.41) is 8.72. The average Bonchev–Trinajstić information content (AvgIpc) is 2.63. The van der Waals surface area contributed by atoms with Crippen molar-refractivity contribution in [2.75, 3.05) is 6.61 Å². The van der Waals surface area contributed by atoms with Crippen LogP contribution in [-0.4, -0.2) is 29.1 Å². The van der Waals surface area contributed by atoms with Crippen molar-refractivity contribution >= 4 is 17.4 Å². The van der Waals surface area contributed by atoms with E-state index in [1.165, 1.54) is 135 Å². The van der Waals surface area contributed by atoms with Gasteiger partial charge in [-0.25, -0.2) is 0 Å². The van der Waals surface area contributed by atoms with E-state index in [0.717, 1.165) is 6.42 Å². The van der Waals surface area contributed by atoms with Gasteiger partial charge in [0.1, 0.15) is 0 Å². The normalized spacial score (nSPS) is 10.8.